The predicted molar refractivity (Wildman–Crippen MR) is 70.2 cm³/mol. The minimum atomic E-state index is -1.46. The van der Waals surface area contributed by atoms with Crippen LogP contribution in [0.2, 0.25) is 0 Å². The van der Waals surface area contributed by atoms with E-state index < -0.39 is 9.25 Å². The lowest BCUT2D eigenvalue weighted by atomic mass is 10.3. The maximum absolute atomic E-state index is 12.2. The number of aryl methyl sites for hydroxylation is 1. The minimum Gasteiger partial charge on any atom is -0.267 e. The van der Waals surface area contributed by atoms with E-state index in [1.807, 2.05) is 12.5 Å². The van der Waals surface area contributed by atoms with Crippen LogP contribution >= 0.6 is 20.9 Å². The third kappa shape index (κ3) is 1.80. The molecule has 7 heteroatoms. The molecule has 0 bridgehead atoms. The van der Waals surface area contributed by atoms with Crippen LogP contribution in [0.15, 0.2) is 17.4 Å². The van der Waals surface area contributed by atoms with Crippen molar-refractivity contribution in [1.82, 2.24) is 18.9 Å². The van der Waals surface area contributed by atoms with Crippen molar-refractivity contribution in [3.63, 3.8) is 0 Å². The summed E-state index contributed by atoms with van der Waals surface area (Å²) >= 11 is 4.44. The van der Waals surface area contributed by atoms with Gasteiger partial charge in [0.1, 0.15) is 18.0 Å². The Kier molecular flexibility index (Phi) is 2.67. The zero-order valence-corrected chi connectivity index (χ0v) is 10.9. The summed E-state index contributed by atoms with van der Waals surface area (Å²) in [5, 5.41) is 0.472. The summed E-state index contributed by atoms with van der Waals surface area (Å²) in [6, 6.07) is 0. The number of nitrogens with zero attached hydrogens (tertiary/aromatic N) is 4. The van der Waals surface area contributed by atoms with Gasteiger partial charge in [0.15, 0.2) is 5.65 Å². The van der Waals surface area contributed by atoms with Crippen LogP contribution in [-0.2, 0) is 0 Å². The fourth-order valence-corrected chi connectivity index (χ4v) is 2.52. The number of aromatic nitrogens is 4. The van der Waals surface area contributed by atoms with E-state index in [1.165, 1.54) is 12.7 Å². The Bertz CT molecular complexity index is 602. The molecule has 0 saturated heterocycles. The Morgan fingerprint density at radius 3 is 2.62 bits per heavy atom. The van der Waals surface area contributed by atoms with Gasteiger partial charge in [0.05, 0.1) is 5.69 Å². The van der Waals surface area contributed by atoms with E-state index in [9.17, 15) is 4.79 Å². The molecule has 86 valence electrons. The van der Waals surface area contributed by atoms with Crippen LogP contribution < -0.4 is 5.56 Å². The van der Waals surface area contributed by atoms with Crippen molar-refractivity contribution in [2.24, 2.45) is 0 Å². The quantitative estimate of drug-likeness (QED) is 0.614. The van der Waals surface area contributed by atoms with Crippen molar-refractivity contribution in [2.45, 2.75) is 6.92 Å². The van der Waals surface area contributed by atoms with Gasteiger partial charge in [-0.1, -0.05) is 0 Å². The van der Waals surface area contributed by atoms with Gasteiger partial charge < -0.3 is 0 Å². The van der Waals surface area contributed by atoms with Gasteiger partial charge in [-0.25, -0.2) is 15.0 Å². The van der Waals surface area contributed by atoms with Crippen LogP contribution in [0.4, 0.5) is 0 Å². The van der Waals surface area contributed by atoms with Crippen molar-refractivity contribution in [1.29, 1.82) is 0 Å². The highest BCUT2D eigenvalue weighted by Crippen LogP contribution is 2.44. The third-order valence-electron chi connectivity index (χ3n) is 2.20. The normalized spacial score (nSPS) is 13.0. The van der Waals surface area contributed by atoms with E-state index in [1.54, 1.807) is 10.9 Å². The maximum Gasteiger partial charge on any atom is 0.274 e. The number of fused-ring (bicyclic) bond motifs is 1. The van der Waals surface area contributed by atoms with E-state index >= 15 is 0 Å². The fraction of sp³-hybridized carbons (Fsp3) is 0.333. The van der Waals surface area contributed by atoms with E-state index in [-0.39, 0.29) is 5.56 Å². The van der Waals surface area contributed by atoms with Crippen LogP contribution in [0, 0.1) is 6.92 Å². The standard InChI is InChI=1S/C9H12N4OS2/c1-6-7-8(11-4-10-6)12-5-13(9(7)14)16(2,3)15/h4-5,15H,1-3H3. The molecule has 0 N–H and O–H groups in total. The third-order valence-corrected chi connectivity index (χ3v) is 3.95. The Hall–Kier alpha value is -1.08. The second-order valence-corrected chi connectivity index (χ2v) is 9.27. The highest BCUT2D eigenvalue weighted by atomic mass is 33.1. The topological polar surface area (TPSA) is 60.7 Å². The van der Waals surface area contributed by atoms with Gasteiger partial charge in [-0.2, -0.15) is 0 Å². The molecule has 0 aliphatic carbocycles. The molecule has 0 amide bonds. The fourth-order valence-electron chi connectivity index (χ4n) is 1.40. The summed E-state index contributed by atoms with van der Waals surface area (Å²) in [6.07, 6.45) is 6.72. The van der Waals surface area contributed by atoms with E-state index in [4.69, 9.17) is 0 Å². The van der Waals surface area contributed by atoms with Crippen LogP contribution in [0.5, 0.6) is 0 Å². The highest BCUT2D eigenvalue weighted by molar-refractivity contribution is 8.86. The maximum atomic E-state index is 12.2. The molecule has 0 atom stereocenters. The minimum absolute atomic E-state index is 0.127. The average molecular weight is 256 g/mol. The molecule has 2 aromatic rings. The van der Waals surface area contributed by atoms with Crippen molar-refractivity contribution in [3.8, 4) is 0 Å². The zero-order valence-electron chi connectivity index (χ0n) is 9.21. The van der Waals surface area contributed by atoms with Gasteiger partial charge in [0.2, 0.25) is 0 Å². The molecule has 0 unspecified atom stereocenters. The second-order valence-electron chi connectivity index (χ2n) is 3.75. The monoisotopic (exact) mass is 256 g/mol. The molecule has 0 aliphatic heterocycles. The Morgan fingerprint density at radius 1 is 1.31 bits per heavy atom. The Morgan fingerprint density at radius 2 is 2.00 bits per heavy atom. The number of hydrogen-bond donors (Lipinski definition) is 1. The number of hydrogen-bond acceptors (Lipinski definition) is 5. The molecule has 16 heavy (non-hydrogen) atoms. The molecule has 2 rings (SSSR count). The molecule has 0 aromatic carbocycles. The second kappa shape index (κ2) is 3.74. The Labute approximate surface area is 99.2 Å². The zero-order chi connectivity index (χ0) is 11.9. The van der Waals surface area contributed by atoms with Crippen molar-refractivity contribution < 1.29 is 0 Å². The van der Waals surface area contributed by atoms with Gasteiger partial charge in [-0.05, 0) is 19.4 Å². The SMILES string of the molecule is Cc1ncnc2ncn(S(C)(C)S)c(=O)c12. The number of rotatable bonds is 1. The van der Waals surface area contributed by atoms with Crippen molar-refractivity contribution >= 4 is 31.9 Å². The van der Waals surface area contributed by atoms with Crippen LogP contribution in [0.3, 0.4) is 0 Å². The molecule has 2 aromatic heterocycles. The average Bonchev–Trinajstić information content (AvgIpc) is 2.16. The first-order valence-electron chi connectivity index (χ1n) is 4.56. The summed E-state index contributed by atoms with van der Waals surface area (Å²) in [6.45, 7) is 1.78. The molecular weight excluding hydrogens is 244 g/mol. The summed E-state index contributed by atoms with van der Waals surface area (Å²) in [5.74, 6) is 0. The number of thiol groups is 1. The first kappa shape index (κ1) is 11.4. The van der Waals surface area contributed by atoms with Crippen molar-refractivity contribution in [2.75, 3.05) is 12.5 Å². The van der Waals surface area contributed by atoms with Gasteiger partial charge in [0.25, 0.3) is 5.56 Å². The van der Waals surface area contributed by atoms with Gasteiger partial charge in [0, 0.05) is 0 Å². The summed E-state index contributed by atoms with van der Waals surface area (Å²) in [5.41, 5.74) is 0.956. The predicted octanol–water partition coefficient (Wildman–Crippen LogP) is 1.17. The molecule has 2 heterocycles. The van der Waals surface area contributed by atoms with Crippen LogP contribution in [-0.4, -0.2) is 31.4 Å². The van der Waals surface area contributed by atoms with Crippen LogP contribution in [0.25, 0.3) is 11.0 Å². The molecule has 0 saturated carbocycles. The van der Waals surface area contributed by atoms with E-state index in [2.05, 4.69) is 26.6 Å². The van der Waals surface area contributed by atoms with Gasteiger partial charge in [-0.3, -0.25) is 8.77 Å². The van der Waals surface area contributed by atoms with E-state index in [0.717, 1.165) is 0 Å². The summed E-state index contributed by atoms with van der Waals surface area (Å²) in [4.78, 5) is 24.3. The lowest BCUT2D eigenvalue weighted by Crippen LogP contribution is -2.23. The van der Waals surface area contributed by atoms with Gasteiger partial charge in [-0.15, -0.1) is 20.9 Å². The first-order valence-corrected chi connectivity index (χ1v) is 8.02. The Balaban J connectivity index is 2.90. The smallest absolute Gasteiger partial charge is 0.267 e. The summed E-state index contributed by atoms with van der Waals surface area (Å²) < 4.78 is 1.55. The molecule has 0 radical (unpaired) electrons. The molecule has 0 spiro atoms. The first-order chi connectivity index (χ1) is 7.41. The molecule has 0 fully saturated rings. The van der Waals surface area contributed by atoms with Crippen LogP contribution in [0.1, 0.15) is 5.69 Å². The summed E-state index contributed by atoms with van der Waals surface area (Å²) in [7, 11) is -1.46. The lowest BCUT2D eigenvalue weighted by molar-refractivity contribution is 1.04. The van der Waals surface area contributed by atoms with Gasteiger partial charge >= 0.3 is 0 Å². The largest absolute Gasteiger partial charge is 0.274 e. The van der Waals surface area contributed by atoms with E-state index in [0.29, 0.717) is 16.7 Å². The highest BCUT2D eigenvalue weighted by Gasteiger charge is 2.14. The molecule has 5 nitrogen and oxygen atoms in total. The van der Waals surface area contributed by atoms with Crippen molar-refractivity contribution in [3.05, 3.63) is 28.7 Å². The molecule has 0 aliphatic rings. The lowest BCUT2D eigenvalue weighted by Gasteiger charge is -2.26. The molecular formula is C9H12N4OS2.